The summed E-state index contributed by atoms with van der Waals surface area (Å²) < 4.78 is 8.50. The summed E-state index contributed by atoms with van der Waals surface area (Å²) >= 11 is 0. The molecule has 0 spiro atoms. The number of amides is 1. The Labute approximate surface area is 187 Å². The average Bonchev–Trinajstić information content (AvgIpc) is 3.02. The molecule has 0 radical (unpaired) electrons. The fourth-order valence-corrected chi connectivity index (χ4v) is 3.71. The average molecular weight is 436 g/mol. The molecule has 0 aliphatic heterocycles. The second-order valence-electron chi connectivity index (χ2n) is 7.87. The fraction of sp³-hybridized carbons (Fsp3) is 0.320. The largest absolute Gasteiger partial charge is 0.455 e. The first kappa shape index (κ1) is 23.1. The van der Waals surface area contributed by atoms with Crippen molar-refractivity contribution in [3.05, 3.63) is 82.3 Å². The summed E-state index contributed by atoms with van der Waals surface area (Å²) in [5.74, 6) is -1.40. The Kier molecular flexibility index (Phi) is 7.30. The van der Waals surface area contributed by atoms with Crippen LogP contribution >= 0.6 is 0 Å². The van der Waals surface area contributed by atoms with E-state index in [1.807, 2.05) is 74.5 Å². The molecule has 0 aliphatic rings. The molecule has 32 heavy (non-hydrogen) atoms. The number of carbonyl (C=O) groups excluding carboxylic acids is 2. The summed E-state index contributed by atoms with van der Waals surface area (Å²) in [6.07, 6.45) is 0.795. The number of hydrogen-bond donors (Lipinski definition) is 1. The van der Waals surface area contributed by atoms with E-state index < -0.39 is 24.4 Å². The third-order valence-electron chi connectivity index (χ3n) is 5.79. The first-order valence-corrected chi connectivity index (χ1v) is 10.7. The molecule has 1 heterocycles. The van der Waals surface area contributed by atoms with Crippen molar-refractivity contribution >= 4 is 17.6 Å². The molecule has 7 nitrogen and oxygen atoms in total. The zero-order chi connectivity index (χ0) is 23.3. The van der Waals surface area contributed by atoms with Crippen molar-refractivity contribution in [3.63, 3.8) is 0 Å². The Morgan fingerprint density at radius 1 is 1.03 bits per heavy atom. The lowest BCUT2D eigenvalue weighted by atomic mass is 9.86. The van der Waals surface area contributed by atoms with Crippen LogP contribution in [0.15, 0.2) is 65.5 Å². The molecule has 1 amide bonds. The fourth-order valence-electron chi connectivity index (χ4n) is 3.71. The quantitative estimate of drug-likeness (QED) is 0.546. The number of esters is 1. The van der Waals surface area contributed by atoms with Crippen LogP contribution in [0.1, 0.15) is 37.4 Å². The van der Waals surface area contributed by atoms with Gasteiger partial charge in [0, 0.05) is 7.05 Å². The summed E-state index contributed by atoms with van der Waals surface area (Å²) in [5.41, 5.74) is 1.96. The molecule has 0 saturated heterocycles. The highest BCUT2D eigenvalue weighted by atomic mass is 16.5. The molecule has 168 valence electrons. The smallest absolute Gasteiger partial charge is 0.314 e. The van der Waals surface area contributed by atoms with E-state index in [0.717, 1.165) is 12.0 Å². The minimum Gasteiger partial charge on any atom is -0.455 e. The van der Waals surface area contributed by atoms with Gasteiger partial charge in [0.2, 0.25) is 0 Å². The molecule has 0 unspecified atom stereocenters. The van der Waals surface area contributed by atoms with Crippen LogP contribution in [0.5, 0.6) is 0 Å². The SMILES string of the molecule is CC[C@H](C)[C@@H](C(=O)OCC(=O)Nc1c(C)n(C)n(-c2ccccc2)c1=O)c1ccccc1. The maximum absolute atomic E-state index is 12.9. The van der Waals surface area contributed by atoms with Crippen molar-refractivity contribution in [2.75, 3.05) is 11.9 Å². The van der Waals surface area contributed by atoms with Crippen molar-refractivity contribution in [1.82, 2.24) is 9.36 Å². The summed E-state index contributed by atoms with van der Waals surface area (Å²) in [7, 11) is 1.75. The lowest BCUT2D eigenvalue weighted by molar-refractivity contribution is -0.150. The van der Waals surface area contributed by atoms with Gasteiger partial charge in [-0.05, 0) is 30.5 Å². The zero-order valence-corrected chi connectivity index (χ0v) is 18.9. The van der Waals surface area contributed by atoms with Crippen LogP contribution in [0.4, 0.5) is 5.69 Å². The number of nitrogens with one attached hydrogen (secondary N) is 1. The maximum Gasteiger partial charge on any atom is 0.314 e. The van der Waals surface area contributed by atoms with Crippen LogP contribution in [0.3, 0.4) is 0 Å². The van der Waals surface area contributed by atoms with Crippen molar-refractivity contribution < 1.29 is 14.3 Å². The van der Waals surface area contributed by atoms with Crippen LogP contribution in [0, 0.1) is 12.8 Å². The summed E-state index contributed by atoms with van der Waals surface area (Å²) in [6, 6.07) is 18.6. The number of hydrogen-bond acceptors (Lipinski definition) is 4. The van der Waals surface area contributed by atoms with E-state index in [-0.39, 0.29) is 17.2 Å². The summed E-state index contributed by atoms with van der Waals surface area (Å²) in [4.78, 5) is 38.3. The molecule has 7 heteroatoms. The molecule has 3 rings (SSSR count). The molecule has 3 aromatic rings. The Morgan fingerprint density at radius 3 is 2.22 bits per heavy atom. The molecule has 0 aliphatic carbocycles. The number of benzene rings is 2. The number of para-hydroxylation sites is 1. The number of nitrogens with zero attached hydrogens (tertiary/aromatic N) is 2. The van der Waals surface area contributed by atoms with Gasteiger partial charge >= 0.3 is 5.97 Å². The van der Waals surface area contributed by atoms with Crippen molar-refractivity contribution in [1.29, 1.82) is 0 Å². The van der Waals surface area contributed by atoms with Gasteiger partial charge in [-0.3, -0.25) is 19.1 Å². The Morgan fingerprint density at radius 2 is 1.62 bits per heavy atom. The first-order chi connectivity index (χ1) is 15.3. The van der Waals surface area contributed by atoms with Gasteiger partial charge in [-0.1, -0.05) is 68.8 Å². The van der Waals surface area contributed by atoms with E-state index in [1.54, 1.807) is 18.7 Å². The van der Waals surface area contributed by atoms with E-state index in [2.05, 4.69) is 5.32 Å². The third kappa shape index (κ3) is 4.82. The predicted octanol–water partition coefficient (Wildman–Crippen LogP) is 3.80. The second kappa shape index (κ2) is 10.1. The highest BCUT2D eigenvalue weighted by Crippen LogP contribution is 2.28. The second-order valence-corrected chi connectivity index (χ2v) is 7.87. The summed E-state index contributed by atoms with van der Waals surface area (Å²) in [5, 5.41) is 2.62. The lowest BCUT2D eigenvalue weighted by Crippen LogP contribution is -2.28. The van der Waals surface area contributed by atoms with Crippen LogP contribution in [0.2, 0.25) is 0 Å². The molecule has 2 aromatic carbocycles. The number of rotatable bonds is 8. The van der Waals surface area contributed by atoms with Crippen LogP contribution < -0.4 is 10.9 Å². The number of ether oxygens (including phenoxy) is 1. The van der Waals surface area contributed by atoms with E-state index >= 15 is 0 Å². The Balaban J connectivity index is 1.72. The van der Waals surface area contributed by atoms with Crippen molar-refractivity contribution in [3.8, 4) is 5.69 Å². The van der Waals surface area contributed by atoms with Gasteiger partial charge in [0.15, 0.2) is 6.61 Å². The Hall–Kier alpha value is -3.61. The Bertz CT molecular complexity index is 1130. The van der Waals surface area contributed by atoms with Crippen LogP contribution in [-0.4, -0.2) is 27.8 Å². The van der Waals surface area contributed by atoms with Crippen LogP contribution in [0.25, 0.3) is 5.69 Å². The number of aromatic nitrogens is 2. The van der Waals surface area contributed by atoms with Gasteiger partial charge in [0.05, 0.1) is 17.3 Å². The van der Waals surface area contributed by atoms with E-state index in [1.165, 1.54) is 4.68 Å². The molecular formula is C25H29N3O4. The standard InChI is InChI=1S/C25H29N3O4/c1-5-17(2)22(19-12-8-6-9-13-19)25(31)32-16-21(29)26-23-18(3)27(4)28(24(23)30)20-14-10-7-11-15-20/h6-15,17,22H,5,16H2,1-4H3,(H,26,29)/t17-,22+/m0/s1. The predicted molar refractivity (Wildman–Crippen MR) is 124 cm³/mol. The highest BCUT2D eigenvalue weighted by Gasteiger charge is 2.28. The van der Waals surface area contributed by atoms with Gasteiger partial charge in [-0.2, -0.15) is 0 Å². The molecular weight excluding hydrogens is 406 g/mol. The zero-order valence-electron chi connectivity index (χ0n) is 18.9. The highest BCUT2D eigenvalue weighted by molar-refractivity contribution is 5.93. The number of carbonyl (C=O) groups is 2. The minimum absolute atomic E-state index is 0.0578. The third-order valence-corrected chi connectivity index (χ3v) is 5.79. The minimum atomic E-state index is -0.555. The normalized spacial score (nSPS) is 12.8. The maximum atomic E-state index is 12.9. The van der Waals surface area contributed by atoms with Gasteiger partial charge in [0.25, 0.3) is 11.5 Å². The molecule has 0 fully saturated rings. The molecule has 0 saturated carbocycles. The van der Waals surface area contributed by atoms with E-state index in [4.69, 9.17) is 4.74 Å². The summed E-state index contributed by atoms with van der Waals surface area (Å²) in [6.45, 7) is 5.28. The monoisotopic (exact) mass is 435 g/mol. The first-order valence-electron chi connectivity index (χ1n) is 10.7. The number of anilines is 1. The van der Waals surface area contributed by atoms with Gasteiger partial charge in [-0.25, -0.2) is 4.68 Å². The van der Waals surface area contributed by atoms with Gasteiger partial charge in [0.1, 0.15) is 5.69 Å². The van der Waals surface area contributed by atoms with Gasteiger partial charge in [-0.15, -0.1) is 0 Å². The van der Waals surface area contributed by atoms with Crippen LogP contribution in [-0.2, 0) is 21.4 Å². The van der Waals surface area contributed by atoms with Crippen molar-refractivity contribution in [2.45, 2.75) is 33.1 Å². The molecule has 0 bridgehead atoms. The topological polar surface area (TPSA) is 82.3 Å². The van der Waals surface area contributed by atoms with E-state index in [9.17, 15) is 14.4 Å². The van der Waals surface area contributed by atoms with Crippen molar-refractivity contribution in [2.24, 2.45) is 13.0 Å². The molecule has 1 aromatic heterocycles. The molecule has 2 atom stereocenters. The molecule has 1 N–H and O–H groups in total. The van der Waals surface area contributed by atoms with Gasteiger partial charge < -0.3 is 10.1 Å². The van der Waals surface area contributed by atoms with E-state index in [0.29, 0.717) is 11.4 Å². The lowest BCUT2D eigenvalue weighted by Gasteiger charge is -2.21.